The molecule has 0 aliphatic carbocycles. The van der Waals surface area contributed by atoms with Gasteiger partial charge in [-0.25, -0.2) is 4.79 Å². The van der Waals surface area contributed by atoms with Gasteiger partial charge in [-0.15, -0.1) is 0 Å². The van der Waals surface area contributed by atoms with Crippen LogP contribution in [0.5, 0.6) is 0 Å². The van der Waals surface area contributed by atoms with Crippen LogP contribution in [0.15, 0.2) is 54.6 Å². The number of carbonyl (C=O) groups excluding carboxylic acids is 1. The van der Waals surface area contributed by atoms with Gasteiger partial charge in [-0.1, -0.05) is 30.3 Å². The fourth-order valence-electron chi connectivity index (χ4n) is 2.69. The third-order valence-corrected chi connectivity index (χ3v) is 3.63. The van der Waals surface area contributed by atoms with Gasteiger partial charge < -0.3 is 9.30 Å². The van der Waals surface area contributed by atoms with Crippen LogP contribution in [0.2, 0.25) is 0 Å². The van der Waals surface area contributed by atoms with Gasteiger partial charge in [0.2, 0.25) is 0 Å². The molecule has 0 aliphatic rings. The zero-order chi connectivity index (χ0) is 17.3. The third kappa shape index (κ3) is 2.75. The Balaban J connectivity index is 2.39. The first-order valence-corrected chi connectivity index (χ1v) is 7.37. The minimum atomic E-state index is -4.53. The summed E-state index contributed by atoms with van der Waals surface area (Å²) >= 11 is 0. The van der Waals surface area contributed by atoms with Crippen molar-refractivity contribution in [2.45, 2.75) is 13.1 Å². The molecule has 6 heteroatoms. The van der Waals surface area contributed by atoms with Gasteiger partial charge in [0.1, 0.15) is 5.69 Å². The number of hydrogen-bond donors (Lipinski definition) is 0. The van der Waals surface area contributed by atoms with Crippen LogP contribution in [0.25, 0.3) is 16.6 Å². The summed E-state index contributed by atoms with van der Waals surface area (Å²) in [5, 5.41) is 0.330. The molecule has 0 saturated carbocycles. The van der Waals surface area contributed by atoms with E-state index in [0.29, 0.717) is 11.1 Å². The number of halogens is 3. The van der Waals surface area contributed by atoms with E-state index in [1.807, 2.05) is 0 Å². The van der Waals surface area contributed by atoms with E-state index >= 15 is 0 Å². The number of ether oxygens (including phenoxy) is 1. The SMILES string of the molecule is CCOC(=O)c1cc2cccc(C(F)(F)F)c2n1-c1ccccc1. The molecule has 1 heterocycles. The summed E-state index contributed by atoms with van der Waals surface area (Å²) < 4.78 is 46.6. The smallest absolute Gasteiger partial charge is 0.418 e. The van der Waals surface area contributed by atoms with Crippen molar-refractivity contribution in [2.75, 3.05) is 6.61 Å². The van der Waals surface area contributed by atoms with Gasteiger partial charge in [-0.2, -0.15) is 13.2 Å². The molecule has 2 aromatic carbocycles. The fraction of sp³-hybridized carbons (Fsp3) is 0.167. The molecule has 0 aliphatic heterocycles. The lowest BCUT2D eigenvalue weighted by Gasteiger charge is -2.14. The van der Waals surface area contributed by atoms with Gasteiger partial charge in [-0.05, 0) is 31.2 Å². The van der Waals surface area contributed by atoms with Gasteiger partial charge in [0.05, 0.1) is 17.7 Å². The highest BCUT2D eigenvalue weighted by Gasteiger charge is 2.35. The molecule has 3 nitrogen and oxygen atoms in total. The van der Waals surface area contributed by atoms with Gasteiger partial charge in [0.15, 0.2) is 0 Å². The second-order valence-electron chi connectivity index (χ2n) is 5.16. The van der Waals surface area contributed by atoms with Crippen molar-refractivity contribution < 1.29 is 22.7 Å². The van der Waals surface area contributed by atoms with Crippen LogP contribution < -0.4 is 0 Å². The van der Waals surface area contributed by atoms with Crippen LogP contribution >= 0.6 is 0 Å². The molecule has 0 N–H and O–H groups in total. The Labute approximate surface area is 136 Å². The third-order valence-electron chi connectivity index (χ3n) is 3.63. The maximum atomic E-state index is 13.4. The first-order valence-electron chi connectivity index (χ1n) is 7.37. The summed E-state index contributed by atoms with van der Waals surface area (Å²) in [5.41, 5.74) is -0.319. The van der Waals surface area contributed by atoms with Crippen molar-refractivity contribution in [1.82, 2.24) is 4.57 Å². The van der Waals surface area contributed by atoms with Crippen molar-refractivity contribution in [2.24, 2.45) is 0 Å². The van der Waals surface area contributed by atoms with Crippen LogP contribution in [0.4, 0.5) is 13.2 Å². The van der Waals surface area contributed by atoms with Crippen LogP contribution in [0, 0.1) is 0 Å². The highest BCUT2D eigenvalue weighted by Crippen LogP contribution is 2.37. The van der Waals surface area contributed by atoms with E-state index < -0.39 is 17.7 Å². The number of aromatic nitrogens is 1. The Bertz CT molecular complexity index is 882. The van der Waals surface area contributed by atoms with Crippen molar-refractivity contribution in [3.63, 3.8) is 0 Å². The predicted octanol–water partition coefficient (Wildman–Crippen LogP) is 4.83. The monoisotopic (exact) mass is 333 g/mol. The van der Waals surface area contributed by atoms with E-state index in [-0.39, 0.29) is 17.8 Å². The summed E-state index contributed by atoms with van der Waals surface area (Å²) in [6.45, 7) is 1.79. The molecule has 0 unspecified atom stereocenters. The average Bonchev–Trinajstić information content (AvgIpc) is 2.94. The second-order valence-corrected chi connectivity index (χ2v) is 5.16. The number of nitrogens with zero attached hydrogens (tertiary/aromatic N) is 1. The van der Waals surface area contributed by atoms with E-state index in [9.17, 15) is 18.0 Å². The minimum absolute atomic E-state index is 0.0562. The number of benzene rings is 2. The topological polar surface area (TPSA) is 31.2 Å². The zero-order valence-electron chi connectivity index (χ0n) is 12.8. The van der Waals surface area contributed by atoms with Gasteiger partial charge >= 0.3 is 12.1 Å². The first kappa shape index (κ1) is 16.1. The molecule has 0 fully saturated rings. The number of esters is 1. The van der Waals surface area contributed by atoms with Crippen LogP contribution in [0.1, 0.15) is 23.0 Å². The molecule has 0 saturated heterocycles. The fourth-order valence-corrected chi connectivity index (χ4v) is 2.69. The molecule has 3 rings (SSSR count). The number of hydrogen-bond acceptors (Lipinski definition) is 2. The molecule has 0 radical (unpaired) electrons. The van der Waals surface area contributed by atoms with E-state index in [2.05, 4.69) is 0 Å². The molecule has 0 atom stereocenters. The number of fused-ring (bicyclic) bond motifs is 1. The average molecular weight is 333 g/mol. The molecule has 3 aromatic rings. The zero-order valence-corrected chi connectivity index (χ0v) is 12.8. The maximum Gasteiger partial charge on any atom is 0.418 e. The molecular formula is C18H14F3NO2. The molecule has 1 aromatic heterocycles. The summed E-state index contributed by atoms with van der Waals surface area (Å²) in [5.74, 6) is -0.661. The Morgan fingerprint density at radius 2 is 1.79 bits per heavy atom. The standard InChI is InChI=1S/C18H14F3NO2/c1-2-24-17(23)15-11-12-7-6-10-14(18(19,20)21)16(12)22(15)13-8-4-3-5-9-13/h3-11H,2H2,1H3. The molecule has 0 bridgehead atoms. The van der Waals surface area contributed by atoms with Gasteiger partial charge in [-0.3, -0.25) is 0 Å². The lowest BCUT2D eigenvalue weighted by atomic mass is 10.1. The summed E-state index contributed by atoms with van der Waals surface area (Å²) in [4.78, 5) is 12.2. The Morgan fingerprint density at radius 1 is 1.08 bits per heavy atom. The highest BCUT2D eigenvalue weighted by molar-refractivity contribution is 5.98. The summed E-state index contributed by atoms with van der Waals surface area (Å²) in [7, 11) is 0. The van der Waals surface area contributed by atoms with Gasteiger partial charge in [0, 0.05) is 11.1 Å². The number of alkyl halides is 3. The van der Waals surface area contributed by atoms with E-state index in [1.54, 1.807) is 43.3 Å². The van der Waals surface area contributed by atoms with E-state index in [0.717, 1.165) is 6.07 Å². The van der Waals surface area contributed by atoms with Crippen LogP contribution in [0.3, 0.4) is 0 Å². The molecular weight excluding hydrogens is 319 g/mol. The maximum absolute atomic E-state index is 13.4. The van der Waals surface area contributed by atoms with Crippen LogP contribution in [-0.4, -0.2) is 17.1 Å². The number of carbonyl (C=O) groups is 1. The second kappa shape index (κ2) is 6.03. The Morgan fingerprint density at radius 3 is 2.42 bits per heavy atom. The van der Waals surface area contributed by atoms with Crippen molar-refractivity contribution in [3.8, 4) is 5.69 Å². The van der Waals surface area contributed by atoms with Crippen molar-refractivity contribution >= 4 is 16.9 Å². The van der Waals surface area contributed by atoms with Crippen molar-refractivity contribution in [3.05, 3.63) is 65.9 Å². The molecule has 24 heavy (non-hydrogen) atoms. The van der Waals surface area contributed by atoms with E-state index in [1.165, 1.54) is 16.7 Å². The predicted molar refractivity (Wildman–Crippen MR) is 84.2 cm³/mol. The number of para-hydroxylation sites is 2. The molecule has 0 spiro atoms. The van der Waals surface area contributed by atoms with Crippen molar-refractivity contribution in [1.29, 1.82) is 0 Å². The highest BCUT2D eigenvalue weighted by atomic mass is 19.4. The Hall–Kier alpha value is -2.76. The quantitative estimate of drug-likeness (QED) is 0.643. The van der Waals surface area contributed by atoms with Gasteiger partial charge in [0.25, 0.3) is 0 Å². The summed E-state index contributed by atoms with van der Waals surface area (Å²) in [6, 6.07) is 13.8. The molecule has 0 amide bonds. The summed E-state index contributed by atoms with van der Waals surface area (Å²) in [6.07, 6.45) is -4.53. The lowest BCUT2D eigenvalue weighted by Crippen LogP contribution is -2.13. The Kier molecular flexibility index (Phi) is 4.05. The van der Waals surface area contributed by atoms with E-state index in [4.69, 9.17) is 4.74 Å². The normalized spacial score (nSPS) is 11.7. The molecule has 124 valence electrons. The van der Waals surface area contributed by atoms with Crippen LogP contribution in [-0.2, 0) is 10.9 Å². The minimum Gasteiger partial charge on any atom is -0.461 e. The number of rotatable bonds is 3. The largest absolute Gasteiger partial charge is 0.461 e. The lowest BCUT2D eigenvalue weighted by molar-refractivity contribution is -0.136. The first-order chi connectivity index (χ1) is 11.4.